The summed E-state index contributed by atoms with van der Waals surface area (Å²) in [6.07, 6.45) is 2.51. The molecule has 2 amide bonds. The van der Waals surface area contributed by atoms with Crippen molar-refractivity contribution in [3.8, 4) is 0 Å². The zero-order valence-corrected chi connectivity index (χ0v) is 18.3. The molecule has 0 aliphatic heterocycles. The van der Waals surface area contributed by atoms with E-state index in [-0.39, 0.29) is 12.8 Å². The Bertz CT molecular complexity index is 898. The summed E-state index contributed by atoms with van der Waals surface area (Å²) in [4.78, 5) is 40.9. The molecule has 166 valence electrons. The van der Waals surface area contributed by atoms with Gasteiger partial charge in [0.15, 0.2) is 0 Å². The predicted octanol–water partition coefficient (Wildman–Crippen LogP) is 2.98. The monoisotopic (exact) mass is 447 g/mol. The fourth-order valence-electron chi connectivity index (χ4n) is 2.74. The second-order valence-corrected chi connectivity index (χ2v) is 8.43. The summed E-state index contributed by atoms with van der Waals surface area (Å²) >= 11 is 5.91. The first-order chi connectivity index (χ1) is 14.5. The molecule has 31 heavy (non-hydrogen) atoms. The van der Waals surface area contributed by atoms with Gasteiger partial charge in [-0.2, -0.15) is 0 Å². The molecule has 0 radical (unpaired) electrons. The number of amides is 2. The molecule has 1 heterocycles. The lowest BCUT2D eigenvalue weighted by molar-refractivity contribution is -0.142. The minimum Gasteiger partial charge on any atom is -0.480 e. The lowest BCUT2D eigenvalue weighted by atomic mass is 10.0. The van der Waals surface area contributed by atoms with E-state index in [1.807, 2.05) is 0 Å². The summed E-state index contributed by atoms with van der Waals surface area (Å²) in [5, 5.41) is 15.1. The molecule has 0 fully saturated rings. The first-order valence-corrected chi connectivity index (χ1v) is 10.1. The second-order valence-electron chi connectivity index (χ2n) is 7.99. The third-order valence-corrected chi connectivity index (χ3v) is 4.39. The molecule has 3 N–H and O–H groups in total. The number of nitrogens with zero attached hydrogens (tertiary/aromatic N) is 1. The summed E-state index contributed by atoms with van der Waals surface area (Å²) in [6.45, 7) is 5.11. The van der Waals surface area contributed by atoms with Crippen molar-refractivity contribution in [2.24, 2.45) is 0 Å². The molecule has 0 saturated carbocycles. The Morgan fingerprint density at radius 2 is 1.68 bits per heavy atom. The number of pyridine rings is 1. The number of aliphatic carboxylic acids is 1. The Labute approximate surface area is 186 Å². The summed E-state index contributed by atoms with van der Waals surface area (Å²) in [5.41, 5.74) is 0.638. The van der Waals surface area contributed by atoms with Gasteiger partial charge in [-0.3, -0.25) is 9.78 Å². The van der Waals surface area contributed by atoms with E-state index >= 15 is 0 Å². The van der Waals surface area contributed by atoms with Crippen molar-refractivity contribution in [2.75, 3.05) is 0 Å². The van der Waals surface area contributed by atoms with Crippen molar-refractivity contribution in [1.82, 2.24) is 15.6 Å². The largest absolute Gasteiger partial charge is 0.480 e. The molecule has 0 unspecified atom stereocenters. The molecule has 0 saturated heterocycles. The maximum absolute atomic E-state index is 12.9. The van der Waals surface area contributed by atoms with Crippen LogP contribution in [-0.2, 0) is 27.2 Å². The van der Waals surface area contributed by atoms with Crippen molar-refractivity contribution in [3.63, 3.8) is 0 Å². The van der Waals surface area contributed by atoms with Crippen LogP contribution >= 0.6 is 11.6 Å². The maximum atomic E-state index is 12.9. The van der Waals surface area contributed by atoms with Crippen LogP contribution in [0, 0.1) is 0 Å². The third kappa shape index (κ3) is 8.64. The van der Waals surface area contributed by atoms with E-state index in [4.69, 9.17) is 16.3 Å². The van der Waals surface area contributed by atoms with Crippen LogP contribution in [0.25, 0.3) is 0 Å². The van der Waals surface area contributed by atoms with Gasteiger partial charge < -0.3 is 20.5 Å². The van der Waals surface area contributed by atoms with Gasteiger partial charge in [0, 0.05) is 30.3 Å². The van der Waals surface area contributed by atoms with E-state index in [1.54, 1.807) is 63.4 Å². The number of ether oxygens (including phenoxy) is 1. The zero-order chi connectivity index (χ0) is 23.0. The van der Waals surface area contributed by atoms with Crippen LogP contribution in [0.15, 0.2) is 48.8 Å². The van der Waals surface area contributed by atoms with Gasteiger partial charge in [-0.05, 0) is 50.1 Å². The maximum Gasteiger partial charge on any atom is 0.408 e. The van der Waals surface area contributed by atoms with Crippen LogP contribution in [0.2, 0.25) is 5.02 Å². The van der Waals surface area contributed by atoms with Crippen LogP contribution in [0.5, 0.6) is 0 Å². The predicted molar refractivity (Wildman–Crippen MR) is 116 cm³/mol. The van der Waals surface area contributed by atoms with E-state index in [0.29, 0.717) is 10.6 Å². The average molecular weight is 448 g/mol. The minimum absolute atomic E-state index is 0.0506. The highest BCUT2D eigenvalue weighted by molar-refractivity contribution is 6.30. The van der Waals surface area contributed by atoms with Crippen LogP contribution < -0.4 is 10.6 Å². The van der Waals surface area contributed by atoms with Crippen molar-refractivity contribution >= 4 is 29.6 Å². The quantitative estimate of drug-likeness (QED) is 0.572. The standard InChI is InChI=1S/C22H26ClN3O5/c1-22(2,3)31-21(30)26-17(11-14-6-8-16(23)9-7-14)19(27)25-18(20(28)29)12-15-5-4-10-24-13-15/h4-10,13,17-18H,11-12H2,1-3H3,(H,25,27)(H,26,30)(H,28,29)/t17-,18-/m1/s1. The molecule has 8 nitrogen and oxygen atoms in total. The van der Waals surface area contributed by atoms with Crippen LogP contribution in [0.4, 0.5) is 4.79 Å². The number of carbonyl (C=O) groups excluding carboxylic acids is 2. The van der Waals surface area contributed by atoms with Crippen LogP contribution in [-0.4, -0.2) is 45.7 Å². The van der Waals surface area contributed by atoms with Crippen molar-refractivity contribution in [2.45, 2.75) is 51.3 Å². The van der Waals surface area contributed by atoms with E-state index < -0.39 is 35.7 Å². The molecule has 9 heteroatoms. The highest BCUT2D eigenvalue weighted by Gasteiger charge is 2.28. The van der Waals surface area contributed by atoms with Gasteiger partial charge in [0.25, 0.3) is 0 Å². The van der Waals surface area contributed by atoms with Gasteiger partial charge in [-0.25, -0.2) is 9.59 Å². The Morgan fingerprint density at radius 3 is 2.23 bits per heavy atom. The number of carbonyl (C=O) groups is 3. The summed E-state index contributed by atoms with van der Waals surface area (Å²) in [5.74, 6) is -1.84. The molecule has 1 aromatic carbocycles. The third-order valence-electron chi connectivity index (χ3n) is 4.14. The van der Waals surface area contributed by atoms with Crippen molar-refractivity contribution in [3.05, 3.63) is 64.9 Å². The summed E-state index contributed by atoms with van der Waals surface area (Å²) in [7, 11) is 0. The summed E-state index contributed by atoms with van der Waals surface area (Å²) < 4.78 is 5.25. The molecule has 2 aromatic rings. The Kier molecular flexibility index (Phi) is 8.38. The highest BCUT2D eigenvalue weighted by Crippen LogP contribution is 2.13. The molecule has 0 aliphatic rings. The number of hydrogen-bond donors (Lipinski definition) is 3. The normalized spacial score (nSPS) is 13.0. The molecule has 0 aliphatic carbocycles. The van der Waals surface area contributed by atoms with Gasteiger partial charge in [0.1, 0.15) is 17.7 Å². The number of carboxylic acid groups (broad SMARTS) is 1. The molecule has 1 aromatic heterocycles. The number of carboxylic acids is 1. The van der Waals surface area contributed by atoms with E-state index in [0.717, 1.165) is 5.56 Å². The molecule has 0 spiro atoms. The zero-order valence-electron chi connectivity index (χ0n) is 17.6. The van der Waals surface area contributed by atoms with Gasteiger partial charge in [0.2, 0.25) is 5.91 Å². The van der Waals surface area contributed by atoms with E-state index in [2.05, 4.69) is 15.6 Å². The van der Waals surface area contributed by atoms with Crippen LogP contribution in [0.3, 0.4) is 0 Å². The number of hydrogen-bond acceptors (Lipinski definition) is 5. The Hall–Kier alpha value is -3.13. The summed E-state index contributed by atoms with van der Waals surface area (Å²) in [6, 6.07) is 7.95. The fourth-order valence-corrected chi connectivity index (χ4v) is 2.87. The second kappa shape index (κ2) is 10.8. The van der Waals surface area contributed by atoms with Gasteiger partial charge in [-0.15, -0.1) is 0 Å². The number of alkyl carbamates (subject to hydrolysis) is 1. The van der Waals surface area contributed by atoms with Crippen molar-refractivity contribution in [1.29, 1.82) is 0 Å². The smallest absolute Gasteiger partial charge is 0.408 e. The number of halogens is 1. The lowest BCUT2D eigenvalue weighted by Crippen LogP contribution is -2.53. The molecular weight excluding hydrogens is 422 g/mol. The van der Waals surface area contributed by atoms with Gasteiger partial charge in [-0.1, -0.05) is 29.8 Å². The Balaban J connectivity index is 2.16. The van der Waals surface area contributed by atoms with Crippen LogP contribution in [0.1, 0.15) is 31.9 Å². The number of rotatable bonds is 8. The molecule has 2 atom stereocenters. The topological polar surface area (TPSA) is 118 Å². The molecule has 0 bridgehead atoms. The number of benzene rings is 1. The van der Waals surface area contributed by atoms with E-state index in [1.165, 1.54) is 6.20 Å². The number of nitrogens with one attached hydrogen (secondary N) is 2. The average Bonchev–Trinajstić information content (AvgIpc) is 2.68. The fraction of sp³-hybridized carbons (Fsp3) is 0.364. The molecule has 2 rings (SSSR count). The van der Waals surface area contributed by atoms with Gasteiger partial charge in [0.05, 0.1) is 0 Å². The minimum atomic E-state index is -1.19. The van der Waals surface area contributed by atoms with Crippen molar-refractivity contribution < 1.29 is 24.2 Å². The lowest BCUT2D eigenvalue weighted by Gasteiger charge is -2.24. The SMILES string of the molecule is CC(C)(C)OC(=O)N[C@H](Cc1ccc(Cl)cc1)C(=O)N[C@H](Cc1cccnc1)C(=O)O. The van der Waals surface area contributed by atoms with E-state index in [9.17, 15) is 19.5 Å². The van der Waals surface area contributed by atoms with Gasteiger partial charge >= 0.3 is 12.1 Å². The Morgan fingerprint density at radius 1 is 1.03 bits per heavy atom. The first-order valence-electron chi connectivity index (χ1n) is 9.69. The molecular formula is C22H26ClN3O5. The highest BCUT2D eigenvalue weighted by atomic mass is 35.5. The number of aromatic nitrogens is 1. The first kappa shape index (κ1) is 24.1.